The molecule has 13 heavy (non-hydrogen) atoms. The molecule has 78 valence electrons. The molecule has 6 heteroatoms. The maximum atomic E-state index is 11.0. The van der Waals surface area contributed by atoms with Crippen molar-refractivity contribution in [1.29, 1.82) is 0 Å². The van der Waals surface area contributed by atoms with Crippen LogP contribution in [-0.2, 0) is 4.79 Å². The number of halogens is 2. The van der Waals surface area contributed by atoms with Crippen LogP contribution in [-0.4, -0.2) is 43.2 Å². The summed E-state index contributed by atoms with van der Waals surface area (Å²) >= 11 is 0. The summed E-state index contributed by atoms with van der Waals surface area (Å²) in [6, 6.07) is 0. The molecule has 0 aliphatic carbocycles. The summed E-state index contributed by atoms with van der Waals surface area (Å²) in [6.07, 6.45) is 1.02. The Morgan fingerprint density at radius 1 is 1.46 bits per heavy atom. The summed E-state index contributed by atoms with van der Waals surface area (Å²) in [5, 5.41) is 6.25. The molecular formula is C7H15Cl2N3O. The fraction of sp³-hybridized carbons (Fsp3) is 0.857. The third-order valence-electron chi connectivity index (χ3n) is 2.62. The van der Waals surface area contributed by atoms with E-state index < -0.39 is 0 Å². The zero-order valence-corrected chi connectivity index (χ0v) is 9.13. The molecule has 2 heterocycles. The topological polar surface area (TPSA) is 44.4 Å². The SMILES string of the molecule is CN1CC(=O)NC12CCNC2.Cl.Cl. The van der Waals surface area contributed by atoms with Crippen molar-refractivity contribution in [1.82, 2.24) is 15.5 Å². The molecule has 1 amide bonds. The summed E-state index contributed by atoms with van der Waals surface area (Å²) in [5.74, 6) is 0.149. The Balaban J connectivity index is 0.000000720. The van der Waals surface area contributed by atoms with Crippen molar-refractivity contribution >= 4 is 30.7 Å². The second-order valence-corrected chi connectivity index (χ2v) is 3.36. The van der Waals surface area contributed by atoms with Crippen LogP contribution in [0.15, 0.2) is 0 Å². The maximum absolute atomic E-state index is 11.0. The lowest BCUT2D eigenvalue weighted by molar-refractivity contribution is -0.118. The molecule has 1 spiro atoms. The van der Waals surface area contributed by atoms with Gasteiger partial charge in [-0.05, 0) is 20.0 Å². The number of amides is 1. The van der Waals surface area contributed by atoms with Gasteiger partial charge in [0.05, 0.1) is 6.54 Å². The van der Waals surface area contributed by atoms with Crippen LogP contribution >= 0.6 is 24.8 Å². The molecular weight excluding hydrogens is 213 g/mol. The van der Waals surface area contributed by atoms with Crippen molar-refractivity contribution in [2.75, 3.05) is 26.7 Å². The van der Waals surface area contributed by atoms with Crippen LogP contribution in [0.4, 0.5) is 0 Å². The number of carbonyl (C=O) groups excluding carboxylic acids is 1. The van der Waals surface area contributed by atoms with Crippen LogP contribution in [0.25, 0.3) is 0 Å². The van der Waals surface area contributed by atoms with Gasteiger partial charge in [0.1, 0.15) is 5.66 Å². The third-order valence-corrected chi connectivity index (χ3v) is 2.62. The van der Waals surface area contributed by atoms with Crippen LogP contribution in [0.3, 0.4) is 0 Å². The molecule has 0 aromatic carbocycles. The van der Waals surface area contributed by atoms with Crippen LogP contribution < -0.4 is 10.6 Å². The Hall–Kier alpha value is -0.0300. The van der Waals surface area contributed by atoms with E-state index in [0.29, 0.717) is 6.54 Å². The van der Waals surface area contributed by atoms with E-state index in [-0.39, 0.29) is 36.4 Å². The molecule has 0 saturated carbocycles. The van der Waals surface area contributed by atoms with Gasteiger partial charge in [-0.2, -0.15) is 0 Å². The van der Waals surface area contributed by atoms with E-state index in [1.165, 1.54) is 0 Å². The highest BCUT2D eigenvalue weighted by molar-refractivity contribution is 5.85. The highest BCUT2D eigenvalue weighted by atomic mass is 35.5. The molecule has 0 radical (unpaired) electrons. The van der Waals surface area contributed by atoms with Crippen molar-refractivity contribution in [2.45, 2.75) is 12.1 Å². The van der Waals surface area contributed by atoms with Gasteiger partial charge in [-0.3, -0.25) is 9.69 Å². The molecule has 2 N–H and O–H groups in total. The number of rotatable bonds is 0. The first-order valence-corrected chi connectivity index (χ1v) is 3.96. The van der Waals surface area contributed by atoms with Gasteiger partial charge in [0.15, 0.2) is 0 Å². The molecule has 2 rings (SSSR count). The van der Waals surface area contributed by atoms with E-state index in [9.17, 15) is 4.79 Å². The largest absolute Gasteiger partial charge is 0.335 e. The van der Waals surface area contributed by atoms with E-state index in [1.807, 2.05) is 7.05 Å². The number of hydrogen-bond acceptors (Lipinski definition) is 3. The summed E-state index contributed by atoms with van der Waals surface area (Å²) in [6.45, 7) is 2.43. The summed E-state index contributed by atoms with van der Waals surface area (Å²) < 4.78 is 0. The molecule has 0 aromatic heterocycles. The Labute approximate surface area is 90.2 Å². The van der Waals surface area contributed by atoms with E-state index >= 15 is 0 Å². The number of likely N-dealkylation sites (N-methyl/N-ethyl adjacent to an activating group) is 1. The van der Waals surface area contributed by atoms with Gasteiger partial charge in [-0.15, -0.1) is 24.8 Å². The minimum Gasteiger partial charge on any atom is -0.335 e. The number of nitrogens with zero attached hydrogens (tertiary/aromatic N) is 1. The predicted molar refractivity (Wildman–Crippen MR) is 55.5 cm³/mol. The number of carbonyl (C=O) groups is 1. The zero-order valence-electron chi connectivity index (χ0n) is 7.50. The zero-order chi connectivity index (χ0) is 7.90. The molecule has 2 aliphatic heterocycles. The van der Waals surface area contributed by atoms with Gasteiger partial charge >= 0.3 is 0 Å². The van der Waals surface area contributed by atoms with Crippen LogP contribution in [0.5, 0.6) is 0 Å². The monoisotopic (exact) mass is 227 g/mol. The lowest BCUT2D eigenvalue weighted by Gasteiger charge is -2.29. The Morgan fingerprint density at radius 2 is 2.15 bits per heavy atom. The Morgan fingerprint density at radius 3 is 2.54 bits per heavy atom. The van der Waals surface area contributed by atoms with Gasteiger partial charge < -0.3 is 10.6 Å². The summed E-state index contributed by atoms with van der Waals surface area (Å²) in [4.78, 5) is 13.1. The van der Waals surface area contributed by atoms with Gasteiger partial charge in [-0.1, -0.05) is 0 Å². The fourth-order valence-electron chi connectivity index (χ4n) is 1.87. The van der Waals surface area contributed by atoms with E-state index in [4.69, 9.17) is 0 Å². The number of nitrogens with one attached hydrogen (secondary N) is 2. The van der Waals surface area contributed by atoms with E-state index in [1.54, 1.807) is 0 Å². The average molecular weight is 228 g/mol. The van der Waals surface area contributed by atoms with Gasteiger partial charge in [0.2, 0.25) is 5.91 Å². The normalized spacial score (nSPS) is 32.5. The standard InChI is InChI=1S/C7H13N3O.2ClH/c1-10-4-6(11)9-7(10)2-3-8-5-7;;/h8H,2-5H2,1H3,(H,9,11);2*1H. The van der Waals surface area contributed by atoms with Crippen LogP contribution in [0.1, 0.15) is 6.42 Å². The Kier molecular flexibility index (Phi) is 4.45. The van der Waals surface area contributed by atoms with Crippen molar-refractivity contribution in [3.05, 3.63) is 0 Å². The molecule has 0 bridgehead atoms. The van der Waals surface area contributed by atoms with E-state index in [0.717, 1.165) is 19.5 Å². The first-order valence-electron chi connectivity index (χ1n) is 3.96. The molecule has 2 saturated heterocycles. The minimum atomic E-state index is -0.0584. The summed E-state index contributed by atoms with van der Waals surface area (Å²) in [7, 11) is 1.99. The van der Waals surface area contributed by atoms with Gasteiger partial charge in [0, 0.05) is 6.54 Å². The first kappa shape index (κ1) is 13.0. The fourth-order valence-corrected chi connectivity index (χ4v) is 1.87. The van der Waals surface area contributed by atoms with Gasteiger partial charge in [-0.25, -0.2) is 0 Å². The minimum absolute atomic E-state index is 0. The number of hydrogen-bond donors (Lipinski definition) is 2. The quantitative estimate of drug-likeness (QED) is 0.592. The van der Waals surface area contributed by atoms with Gasteiger partial charge in [0.25, 0.3) is 0 Å². The van der Waals surface area contributed by atoms with Crippen LogP contribution in [0.2, 0.25) is 0 Å². The Bertz CT molecular complexity index is 194. The maximum Gasteiger partial charge on any atom is 0.235 e. The molecule has 1 atom stereocenters. The van der Waals surface area contributed by atoms with Crippen molar-refractivity contribution in [2.24, 2.45) is 0 Å². The third kappa shape index (κ3) is 2.07. The molecule has 1 unspecified atom stereocenters. The van der Waals surface area contributed by atoms with Crippen molar-refractivity contribution < 1.29 is 4.79 Å². The lowest BCUT2D eigenvalue weighted by Crippen LogP contribution is -2.51. The highest BCUT2D eigenvalue weighted by Crippen LogP contribution is 2.22. The summed E-state index contributed by atoms with van der Waals surface area (Å²) in [5.41, 5.74) is -0.0584. The predicted octanol–water partition coefficient (Wildman–Crippen LogP) is -0.419. The van der Waals surface area contributed by atoms with Crippen molar-refractivity contribution in [3.8, 4) is 0 Å². The smallest absolute Gasteiger partial charge is 0.235 e. The average Bonchev–Trinajstić information content (AvgIpc) is 2.45. The second kappa shape index (κ2) is 4.46. The van der Waals surface area contributed by atoms with E-state index in [2.05, 4.69) is 15.5 Å². The van der Waals surface area contributed by atoms with Crippen molar-refractivity contribution in [3.63, 3.8) is 0 Å². The lowest BCUT2D eigenvalue weighted by atomic mass is 10.1. The molecule has 2 aliphatic rings. The molecule has 0 aromatic rings. The second-order valence-electron chi connectivity index (χ2n) is 3.36. The van der Waals surface area contributed by atoms with Crippen LogP contribution in [0, 0.1) is 0 Å². The highest BCUT2D eigenvalue weighted by Gasteiger charge is 2.44. The first-order chi connectivity index (χ1) is 5.23. The molecule has 4 nitrogen and oxygen atoms in total. The molecule has 2 fully saturated rings.